The quantitative estimate of drug-likeness (QED) is 0.379. The zero-order chi connectivity index (χ0) is 20.4. The maximum Gasteiger partial charge on any atom is 0.252 e. The summed E-state index contributed by atoms with van der Waals surface area (Å²) in [5, 5.41) is 5.32. The summed E-state index contributed by atoms with van der Waals surface area (Å²) in [6, 6.07) is 22.0. The van der Waals surface area contributed by atoms with Crippen molar-refractivity contribution in [2.45, 2.75) is 6.54 Å². The average Bonchev–Trinajstić information content (AvgIpc) is 2.74. The molecule has 0 atom stereocenters. The highest BCUT2D eigenvalue weighted by Gasteiger charge is 2.14. The topological polar surface area (TPSA) is 42.0 Å². The van der Waals surface area contributed by atoms with Crippen LogP contribution >= 0.6 is 34.8 Å². The maximum atomic E-state index is 13.0. The molecule has 0 saturated carbocycles. The van der Waals surface area contributed by atoms with Gasteiger partial charge in [-0.2, -0.15) is 0 Å². The number of rotatable bonds is 4. The zero-order valence-corrected chi connectivity index (χ0v) is 17.4. The average molecular weight is 442 g/mol. The molecule has 0 bridgehead atoms. The number of fused-ring (bicyclic) bond motifs is 1. The first kappa shape index (κ1) is 19.7. The molecule has 0 spiro atoms. The van der Waals surface area contributed by atoms with E-state index >= 15 is 0 Å². The van der Waals surface area contributed by atoms with E-state index in [4.69, 9.17) is 39.8 Å². The molecule has 0 aliphatic rings. The van der Waals surface area contributed by atoms with Crippen LogP contribution in [-0.4, -0.2) is 10.9 Å². The minimum atomic E-state index is -0.181. The first-order valence-corrected chi connectivity index (χ1v) is 10.0. The molecule has 0 aliphatic heterocycles. The normalized spacial score (nSPS) is 10.9. The lowest BCUT2D eigenvalue weighted by Crippen LogP contribution is -2.23. The standard InChI is InChI=1S/C23H15Cl3N2O/c24-16-8-5-14(6-9-16)13-27-23(29)18-12-22(15-7-10-19(25)20(26)11-15)28-21-4-2-1-3-17(18)21/h1-12H,13H2,(H,27,29). The molecule has 3 nitrogen and oxygen atoms in total. The van der Waals surface area contributed by atoms with Gasteiger partial charge in [-0.1, -0.05) is 71.2 Å². The number of hydrogen-bond donors (Lipinski definition) is 1. The molecule has 0 aliphatic carbocycles. The number of amides is 1. The van der Waals surface area contributed by atoms with E-state index in [2.05, 4.69) is 5.32 Å². The number of para-hydroxylation sites is 1. The zero-order valence-electron chi connectivity index (χ0n) is 15.1. The maximum absolute atomic E-state index is 13.0. The first-order valence-electron chi connectivity index (χ1n) is 8.89. The van der Waals surface area contributed by atoms with Gasteiger partial charge >= 0.3 is 0 Å². The summed E-state index contributed by atoms with van der Waals surface area (Å²) in [7, 11) is 0. The molecule has 1 heterocycles. The van der Waals surface area contributed by atoms with E-state index in [9.17, 15) is 4.79 Å². The van der Waals surface area contributed by atoms with Crippen LogP contribution in [0.25, 0.3) is 22.2 Å². The molecular formula is C23H15Cl3N2O. The van der Waals surface area contributed by atoms with Gasteiger partial charge in [-0.3, -0.25) is 4.79 Å². The van der Waals surface area contributed by atoms with Crippen molar-refractivity contribution >= 4 is 51.6 Å². The van der Waals surface area contributed by atoms with Crippen LogP contribution in [-0.2, 0) is 6.54 Å². The Morgan fingerprint density at radius 1 is 0.862 bits per heavy atom. The number of carbonyl (C=O) groups excluding carboxylic acids is 1. The van der Waals surface area contributed by atoms with E-state index in [-0.39, 0.29) is 5.91 Å². The second-order valence-electron chi connectivity index (χ2n) is 6.51. The Bertz CT molecular complexity index is 1210. The van der Waals surface area contributed by atoms with Gasteiger partial charge in [0.1, 0.15) is 0 Å². The highest BCUT2D eigenvalue weighted by atomic mass is 35.5. The van der Waals surface area contributed by atoms with Crippen LogP contribution in [0.5, 0.6) is 0 Å². The molecular weight excluding hydrogens is 427 g/mol. The fourth-order valence-corrected chi connectivity index (χ4v) is 3.47. The third-order valence-electron chi connectivity index (χ3n) is 4.54. The molecule has 4 rings (SSSR count). The Morgan fingerprint density at radius 3 is 2.38 bits per heavy atom. The number of nitrogens with zero attached hydrogens (tertiary/aromatic N) is 1. The van der Waals surface area contributed by atoms with Crippen molar-refractivity contribution in [3.05, 3.63) is 99.0 Å². The minimum absolute atomic E-state index is 0.181. The van der Waals surface area contributed by atoms with E-state index in [0.717, 1.165) is 22.0 Å². The predicted molar refractivity (Wildman–Crippen MR) is 120 cm³/mol. The summed E-state index contributed by atoms with van der Waals surface area (Å²) in [5.41, 5.74) is 3.68. The molecule has 3 aromatic carbocycles. The van der Waals surface area contributed by atoms with E-state index in [1.807, 2.05) is 42.5 Å². The van der Waals surface area contributed by atoms with Crippen molar-refractivity contribution in [3.8, 4) is 11.3 Å². The lowest BCUT2D eigenvalue weighted by atomic mass is 10.0. The number of halogens is 3. The molecule has 0 unspecified atom stereocenters. The van der Waals surface area contributed by atoms with Gasteiger partial charge in [0.15, 0.2) is 0 Å². The van der Waals surface area contributed by atoms with E-state index in [0.29, 0.717) is 32.9 Å². The largest absolute Gasteiger partial charge is 0.348 e. The Morgan fingerprint density at radius 2 is 1.62 bits per heavy atom. The third kappa shape index (κ3) is 4.38. The number of benzene rings is 3. The molecule has 1 aromatic heterocycles. The van der Waals surface area contributed by atoms with Crippen molar-refractivity contribution in [1.82, 2.24) is 10.3 Å². The van der Waals surface area contributed by atoms with Crippen LogP contribution in [0.4, 0.5) is 0 Å². The number of nitrogens with one attached hydrogen (secondary N) is 1. The van der Waals surface area contributed by atoms with Crippen LogP contribution in [0, 0.1) is 0 Å². The number of carbonyl (C=O) groups is 1. The Balaban J connectivity index is 1.71. The summed E-state index contributed by atoms with van der Waals surface area (Å²) < 4.78 is 0. The van der Waals surface area contributed by atoms with Gasteiger partial charge in [-0.15, -0.1) is 0 Å². The minimum Gasteiger partial charge on any atom is -0.348 e. The lowest BCUT2D eigenvalue weighted by molar-refractivity contribution is 0.0952. The molecule has 4 aromatic rings. The van der Waals surface area contributed by atoms with Crippen molar-refractivity contribution in [2.24, 2.45) is 0 Å². The summed E-state index contributed by atoms with van der Waals surface area (Å²) >= 11 is 18.1. The summed E-state index contributed by atoms with van der Waals surface area (Å²) in [6.07, 6.45) is 0. The highest BCUT2D eigenvalue weighted by Crippen LogP contribution is 2.30. The first-order chi connectivity index (χ1) is 14.0. The van der Waals surface area contributed by atoms with Crippen LogP contribution in [0.1, 0.15) is 15.9 Å². The molecule has 6 heteroatoms. The molecule has 144 valence electrons. The van der Waals surface area contributed by atoms with Crippen LogP contribution in [0.2, 0.25) is 15.1 Å². The van der Waals surface area contributed by atoms with E-state index in [1.165, 1.54) is 0 Å². The highest BCUT2D eigenvalue weighted by molar-refractivity contribution is 6.42. The smallest absolute Gasteiger partial charge is 0.252 e. The van der Waals surface area contributed by atoms with Crippen molar-refractivity contribution < 1.29 is 4.79 Å². The second kappa shape index (κ2) is 8.42. The fraction of sp³-hybridized carbons (Fsp3) is 0.0435. The number of aromatic nitrogens is 1. The molecule has 1 amide bonds. The monoisotopic (exact) mass is 440 g/mol. The Labute approximate surface area is 183 Å². The Kier molecular flexibility index (Phi) is 5.72. The van der Waals surface area contributed by atoms with Gasteiger partial charge in [-0.25, -0.2) is 4.98 Å². The molecule has 0 radical (unpaired) electrons. The summed E-state index contributed by atoms with van der Waals surface area (Å²) in [5.74, 6) is -0.181. The SMILES string of the molecule is O=C(NCc1ccc(Cl)cc1)c1cc(-c2ccc(Cl)c(Cl)c2)nc2ccccc12. The van der Waals surface area contributed by atoms with Gasteiger partial charge in [-0.05, 0) is 42.0 Å². The van der Waals surface area contributed by atoms with Crippen molar-refractivity contribution in [1.29, 1.82) is 0 Å². The van der Waals surface area contributed by atoms with E-state index in [1.54, 1.807) is 30.3 Å². The molecule has 29 heavy (non-hydrogen) atoms. The molecule has 1 N–H and O–H groups in total. The fourth-order valence-electron chi connectivity index (χ4n) is 3.05. The van der Waals surface area contributed by atoms with Gasteiger partial charge < -0.3 is 5.32 Å². The van der Waals surface area contributed by atoms with Gasteiger partial charge in [0, 0.05) is 22.5 Å². The Hall–Kier alpha value is -2.59. The van der Waals surface area contributed by atoms with E-state index < -0.39 is 0 Å². The lowest BCUT2D eigenvalue weighted by Gasteiger charge is -2.11. The number of pyridine rings is 1. The second-order valence-corrected chi connectivity index (χ2v) is 7.76. The van der Waals surface area contributed by atoms with Crippen molar-refractivity contribution in [3.63, 3.8) is 0 Å². The third-order valence-corrected chi connectivity index (χ3v) is 5.53. The van der Waals surface area contributed by atoms with Crippen LogP contribution < -0.4 is 5.32 Å². The van der Waals surface area contributed by atoms with Crippen LogP contribution in [0.15, 0.2) is 72.8 Å². The number of hydrogen-bond acceptors (Lipinski definition) is 2. The summed E-state index contributed by atoms with van der Waals surface area (Å²) in [4.78, 5) is 17.7. The van der Waals surface area contributed by atoms with Gasteiger partial charge in [0.05, 0.1) is 26.8 Å². The van der Waals surface area contributed by atoms with Crippen molar-refractivity contribution in [2.75, 3.05) is 0 Å². The molecule has 0 fully saturated rings. The van der Waals surface area contributed by atoms with Gasteiger partial charge in [0.25, 0.3) is 5.91 Å². The molecule has 0 saturated heterocycles. The van der Waals surface area contributed by atoms with Gasteiger partial charge in [0.2, 0.25) is 0 Å². The predicted octanol–water partition coefficient (Wildman–Crippen LogP) is 6.79. The summed E-state index contributed by atoms with van der Waals surface area (Å²) in [6.45, 7) is 0.398. The van der Waals surface area contributed by atoms with Crippen LogP contribution in [0.3, 0.4) is 0 Å².